The summed E-state index contributed by atoms with van der Waals surface area (Å²) >= 11 is 2.06. The fourth-order valence-electron chi connectivity index (χ4n) is 3.23. The highest BCUT2D eigenvalue weighted by Gasteiger charge is 2.23. The molecule has 0 amide bonds. The van der Waals surface area contributed by atoms with Gasteiger partial charge in [0.25, 0.3) is 0 Å². The monoisotopic (exact) mass is 499 g/mol. The number of pyridine rings is 2. The molecule has 1 atom stereocenters. The summed E-state index contributed by atoms with van der Waals surface area (Å²) < 4.78 is 5.97. The molecule has 0 bridgehead atoms. The third-order valence-electron chi connectivity index (χ3n) is 4.65. The fourth-order valence-corrected chi connectivity index (χ4v) is 3.86. The summed E-state index contributed by atoms with van der Waals surface area (Å²) in [6.45, 7) is 0. The van der Waals surface area contributed by atoms with Crippen LogP contribution in [0.1, 0.15) is 17.2 Å². The van der Waals surface area contributed by atoms with Gasteiger partial charge in [-0.2, -0.15) is 0 Å². The lowest BCUT2D eigenvalue weighted by Gasteiger charge is -2.23. The number of phenolic OH excluding ortho intramolecular Hbond substituents is 2. The maximum atomic E-state index is 11.0. The quantitative estimate of drug-likeness (QED) is 0.340. The van der Waals surface area contributed by atoms with E-state index in [-0.39, 0.29) is 11.5 Å². The van der Waals surface area contributed by atoms with Crippen LogP contribution in [0.4, 0.5) is 5.82 Å². The lowest BCUT2D eigenvalue weighted by Crippen LogP contribution is -2.14. The van der Waals surface area contributed by atoms with Crippen LogP contribution in [0.15, 0.2) is 67.0 Å². The van der Waals surface area contributed by atoms with Crippen molar-refractivity contribution in [3.8, 4) is 17.2 Å². The van der Waals surface area contributed by atoms with Gasteiger partial charge in [0.15, 0.2) is 11.5 Å². The highest BCUT2D eigenvalue weighted by atomic mass is 127. The number of aromatic hydroxyl groups is 2. The van der Waals surface area contributed by atoms with E-state index < -0.39 is 6.04 Å². The Hall–Kier alpha value is -3.07. The summed E-state index contributed by atoms with van der Waals surface area (Å²) in [7, 11) is 1.51. The molecule has 2 aromatic carbocycles. The Morgan fingerprint density at radius 1 is 0.966 bits per heavy atom. The Morgan fingerprint density at radius 3 is 2.55 bits per heavy atom. The van der Waals surface area contributed by atoms with Gasteiger partial charge in [-0.3, -0.25) is 4.98 Å². The first-order valence-electron chi connectivity index (χ1n) is 8.89. The highest BCUT2D eigenvalue weighted by molar-refractivity contribution is 14.1. The molecule has 0 radical (unpaired) electrons. The van der Waals surface area contributed by atoms with E-state index in [1.807, 2.05) is 48.5 Å². The molecule has 0 aliphatic rings. The summed E-state index contributed by atoms with van der Waals surface area (Å²) in [5.41, 5.74) is 1.98. The van der Waals surface area contributed by atoms with Crippen LogP contribution in [-0.4, -0.2) is 27.3 Å². The number of phenols is 2. The Labute approximate surface area is 181 Å². The van der Waals surface area contributed by atoms with E-state index in [4.69, 9.17) is 4.74 Å². The van der Waals surface area contributed by atoms with Crippen LogP contribution in [0.25, 0.3) is 10.9 Å². The van der Waals surface area contributed by atoms with E-state index in [2.05, 4.69) is 37.9 Å². The molecule has 2 heterocycles. The Kier molecular flexibility index (Phi) is 5.39. The zero-order valence-electron chi connectivity index (χ0n) is 15.5. The number of nitrogens with one attached hydrogen (secondary N) is 1. The first kappa shape index (κ1) is 19.3. The molecule has 0 fully saturated rings. The summed E-state index contributed by atoms with van der Waals surface area (Å²) in [5.74, 6) is 1.19. The van der Waals surface area contributed by atoms with E-state index in [1.54, 1.807) is 18.5 Å². The predicted molar refractivity (Wildman–Crippen MR) is 120 cm³/mol. The Bertz CT molecular complexity index is 1170. The number of fused-ring (bicyclic) bond motifs is 1. The number of hydrogen-bond acceptors (Lipinski definition) is 6. The number of anilines is 1. The van der Waals surface area contributed by atoms with Gasteiger partial charge >= 0.3 is 0 Å². The normalized spacial score (nSPS) is 11.9. The molecule has 29 heavy (non-hydrogen) atoms. The van der Waals surface area contributed by atoms with Crippen LogP contribution in [0.5, 0.6) is 17.2 Å². The van der Waals surface area contributed by atoms with Gasteiger partial charge < -0.3 is 20.3 Å². The molecule has 2 aromatic heterocycles. The van der Waals surface area contributed by atoms with Crippen molar-refractivity contribution < 1.29 is 14.9 Å². The number of hydrogen-bond donors (Lipinski definition) is 3. The molecule has 4 aromatic rings. The molecule has 7 heteroatoms. The number of benzene rings is 2. The van der Waals surface area contributed by atoms with E-state index in [0.717, 1.165) is 10.9 Å². The molecular formula is C22H18IN3O3. The van der Waals surface area contributed by atoms with Gasteiger partial charge in [-0.1, -0.05) is 24.3 Å². The Balaban J connectivity index is 1.90. The van der Waals surface area contributed by atoms with Crippen LogP contribution < -0.4 is 10.1 Å². The summed E-state index contributed by atoms with van der Waals surface area (Å²) in [6, 6.07) is 16.3. The van der Waals surface area contributed by atoms with Crippen molar-refractivity contribution >= 4 is 39.3 Å². The van der Waals surface area contributed by atoms with Gasteiger partial charge in [-0.25, -0.2) is 4.98 Å². The van der Waals surface area contributed by atoms with Gasteiger partial charge in [0.2, 0.25) is 0 Å². The second-order valence-electron chi connectivity index (χ2n) is 6.42. The molecule has 1 unspecified atom stereocenters. The molecule has 0 saturated carbocycles. The SMILES string of the molecule is COc1cc(C(Nc2ccccn2)c2ccc3cccnc3c2O)cc(I)c1O. The highest BCUT2D eigenvalue weighted by Crippen LogP contribution is 2.40. The number of rotatable bonds is 5. The van der Waals surface area contributed by atoms with Gasteiger partial charge in [-0.05, 0) is 58.5 Å². The average molecular weight is 499 g/mol. The van der Waals surface area contributed by atoms with Crippen molar-refractivity contribution in [3.63, 3.8) is 0 Å². The predicted octanol–water partition coefficient (Wildman–Crippen LogP) is 4.86. The van der Waals surface area contributed by atoms with Gasteiger partial charge in [-0.15, -0.1) is 0 Å². The van der Waals surface area contributed by atoms with Crippen molar-refractivity contribution in [2.75, 3.05) is 12.4 Å². The second kappa shape index (κ2) is 8.12. The number of halogens is 1. The van der Waals surface area contributed by atoms with Crippen LogP contribution in [0, 0.1) is 3.57 Å². The average Bonchev–Trinajstić information content (AvgIpc) is 2.75. The van der Waals surface area contributed by atoms with Crippen LogP contribution in [0.2, 0.25) is 0 Å². The van der Waals surface area contributed by atoms with Gasteiger partial charge in [0.05, 0.1) is 16.7 Å². The maximum absolute atomic E-state index is 11.0. The Morgan fingerprint density at radius 2 is 1.79 bits per heavy atom. The van der Waals surface area contributed by atoms with E-state index in [1.165, 1.54) is 7.11 Å². The molecule has 0 aliphatic heterocycles. The number of ether oxygens (including phenoxy) is 1. The molecule has 146 valence electrons. The largest absolute Gasteiger partial charge is 0.505 e. The van der Waals surface area contributed by atoms with Crippen LogP contribution in [-0.2, 0) is 0 Å². The smallest absolute Gasteiger partial charge is 0.171 e. The zero-order chi connectivity index (χ0) is 20.4. The zero-order valence-corrected chi connectivity index (χ0v) is 17.7. The number of nitrogens with zero attached hydrogens (tertiary/aromatic N) is 2. The van der Waals surface area contributed by atoms with Crippen molar-refractivity contribution in [1.29, 1.82) is 0 Å². The minimum atomic E-state index is -0.445. The van der Waals surface area contributed by atoms with Gasteiger partial charge in [0.1, 0.15) is 17.1 Å². The summed E-state index contributed by atoms with van der Waals surface area (Å²) in [5, 5.41) is 25.5. The minimum absolute atomic E-state index is 0.0813. The van der Waals surface area contributed by atoms with Crippen molar-refractivity contribution in [3.05, 3.63) is 81.7 Å². The molecular weight excluding hydrogens is 481 g/mol. The number of aromatic nitrogens is 2. The maximum Gasteiger partial charge on any atom is 0.171 e. The van der Waals surface area contributed by atoms with Gasteiger partial charge in [0, 0.05) is 23.3 Å². The first-order chi connectivity index (χ1) is 14.1. The molecule has 6 nitrogen and oxygen atoms in total. The standard InChI is InChI=1S/C22H18IN3O3/c1-29-17-12-14(11-16(23)22(17)28)19(26-18-6-2-3-9-24-18)15-8-7-13-5-4-10-25-20(13)21(15)27/h2-12,19,27-28H,1H3,(H,24,26). The van der Waals surface area contributed by atoms with Crippen LogP contribution in [0.3, 0.4) is 0 Å². The summed E-state index contributed by atoms with van der Waals surface area (Å²) in [6.07, 6.45) is 3.35. The first-order valence-corrected chi connectivity index (χ1v) is 9.97. The second-order valence-corrected chi connectivity index (χ2v) is 7.59. The van der Waals surface area contributed by atoms with E-state index in [9.17, 15) is 10.2 Å². The van der Waals surface area contributed by atoms with Crippen molar-refractivity contribution in [1.82, 2.24) is 9.97 Å². The van der Waals surface area contributed by atoms with Crippen LogP contribution >= 0.6 is 22.6 Å². The minimum Gasteiger partial charge on any atom is -0.505 e. The molecule has 0 spiro atoms. The third-order valence-corrected chi connectivity index (χ3v) is 5.47. The molecule has 0 aliphatic carbocycles. The molecule has 4 rings (SSSR count). The topological polar surface area (TPSA) is 87.5 Å². The lowest BCUT2D eigenvalue weighted by atomic mass is 9.96. The molecule has 3 N–H and O–H groups in total. The van der Waals surface area contributed by atoms with Crippen molar-refractivity contribution in [2.24, 2.45) is 0 Å². The number of methoxy groups -OCH3 is 1. The van der Waals surface area contributed by atoms with E-state index in [0.29, 0.717) is 26.2 Å². The lowest BCUT2D eigenvalue weighted by molar-refractivity contribution is 0.371. The van der Waals surface area contributed by atoms with Crippen molar-refractivity contribution in [2.45, 2.75) is 6.04 Å². The van der Waals surface area contributed by atoms with E-state index >= 15 is 0 Å². The third kappa shape index (κ3) is 3.77. The molecule has 0 saturated heterocycles. The summed E-state index contributed by atoms with van der Waals surface area (Å²) in [4.78, 5) is 8.68. The fraction of sp³-hybridized carbons (Fsp3) is 0.0909.